The molecule has 3 heterocycles. The van der Waals surface area contributed by atoms with Gasteiger partial charge in [0.25, 0.3) is 5.91 Å². The van der Waals surface area contributed by atoms with Crippen molar-refractivity contribution in [1.29, 1.82) is 0 Å². The highest BCUT2D eigenvalue weighted by Gasteiger charge is 2.43. The van der Waals surface area contributed by atoms with Crippen molar-refractivity contribution in [1.82, 2.24) is 14.9 Å². The molecule has 0 saturated carbocycles. The van der Waals surface area contributed by atoms with Crippen LogP contribution in [0, 0.1) is 0 Å². The summed E-state index contributed by atoms with van der Waals surface area (Å²) in [6.45, 7) is 0.404. The summed E-state index contributed by atoms with van der Waals surface area (Å²) in [4.78, 5) is 30.8. The lowest BCUT2D eigenvalue weighted by Crippen LogP contribution is -2.60. The first-order valence-electron chi connectivity index (χ1n) is 9.09. The van der Waals surface area contributed by atoms with Crippen LogP contribution in [-0.2, 0) is 22.6 Å². The van der Waals surface area contributed by atoms with E-state index in [0.29, 0.717) is 13.0 Å². The fraction of sp³-hybridized carbons (Fsp3) is 0.190. The number of aromatic nitrogens is 1. The van der Waals surface area contributed by atoms with Crippen molar-refractivity contribution in [2.75, 3.05) is 6.54 Å². The predicted molar refractivity (Wildman–Crippen MR) is 110 cm³/mol. The summed E-state index contributed by atoms with van der Waals surface area (Å²) in [6.07, 6.45) is 2.13. The Hall–Kier alpha value is -2.93. The molecular weight excluding hydrogens is 420 g/mol. The zero-order valence-corrected chi connectivity index (χ0v) is 16.5. The van der Waals surface area contributed by atoms with Gasteiger partial charge in [-0.3, -0.25) is 9.59 Å². The number of para-hydroxylation sites is 1. The van der Waals surface area contributed by atoms with Crippen LogP contribution in [0.3, 0.4) is 0 Å². The van der Waals surface area contributed by atoms with Crippen LogP contribution in [0.15, 0.2) is 58.1 Å². The maximum Gasteiger partial charge on any atom is 0.266 e. The molecule has 140 valence electrons. The van der Waals surface area contributed by atoms with Crippen molar-refractivity contribution in [3.05, 3.63) is 69.8 Å². The van der Waals surface area contributed by atoms with E-state index in [1.54, 1.807) is 11.1 Å². The van der Waals surface area contributed by atoms with Gasteiger partial charge in [0.05, 0.1) is 12.8 Å². The Morgan fingerprint density at radius 2 is 1.86 bits per heavy atom. The minimum atomic E-state index is -0.505. The molecule has 7 heteroatoms. The number of aromatic amines is 1. The topological polar surface area (TPSA) is 68.8 Å². The van der Waals surface area contributed by atoms with Gasteiger partial charge in [-0.15, -0.1) is 0 Å². The molecule has 5 rings (SSSR count). The lowest BCUT2D eigenvalue weighted by atomic mass is 9.94. The van der Waals surface area contributed by atoms with Gasteiger partial charge >= 0.3 is 0 Å². The Labute approximate surface area is 169 Å². The zero-order valence-electron chi connectivity index (χ0n) is 14.9. The number of amides is 2. The molecule has 0 radical (unpaired) electrons. The number of fused-ring (bicyclic) bond motifs is 4. The average Bonchev–Trinajstić information content (AvgIpc) is 3.07. The average molecular weight is 437 g/mol. The van der Waals surface area contributed by atoms with E-state index in [0.717, 1.165) is 32.2 Å². The molecule has 2 aliphatic heterocycles. The summed E-state index contributed by atoms with van der Waals surface area (Å²) in [5.74, 6) is -0.217. The first kappa shape index (κ1) is 17.2. The van der Waals surface area contributed by atoms with Crippen molar-refractivity contribution in [2.24, 2.45) is 5.10 Å². The smallest absolute Gasteiger partial charge is 0.266 e. The molecule has 2 aliphatic rings. The standard InChI is InChI=1S/C21H17BrN4O2/c22-14-7-5-13(6-8-14)10-23-26-12-20(27)25-11-18-16(9-19(25)21(26)28)15-3-1-2-4-17(15)24-18/h1-8,10,19,24H,9,11-12H2/t19-/m0/s1. The van der Waals surface area contributed by atoms with Gasteiger partial charge in [0.1, 0.15) is 12.6 Å². The molecule has 0 unspecified atom stereocenters. The van der Waals surface area contributed by atoms with Crippen molar-refractivity contribution >= 4 is 44.9 Å². The molecule has 0 spiro atoms. The predicted octanol–water partition coefficient (Wildman–Crippen LogP) is 3.06. The fourth-order valence-corrected chi connectivity index (χ4v) is 4.21. The van der Waals surface area contributed by atoms with E-state index in [4.69, 9.17) is 0 Å². The number of hydrogen-bond acceptors (Lipinski definition) is 3. The van der Waals surface area contributed by atoms with Crippen LogP contribution >= 0.6 is 15.9 Å². The summed E-state index contributed by atoms with van der Waals surface area (Å²) >= 11 is 3.39. The number of rotatable bonds is 2. The highest BCUT2D eigenvalue weighted by atomic mass is 79.9. The Kier molecular flexibility index (Phi) is 4.05. The Morgan fingerprint density at radius 1 is 1.07 bits per heavy atom. The lowest BCUT2D eigenvalue weighted by Gasteiger charge is -2.40. The van der Waals surface area contributed by atoms with Crippen molar-refractivity contribution < 1.29 is 9.59 Å². The minimum absolute atomic E-state index is 0.0298. The maximum atomic E-state index is 13.0. The molecule has 1 fully saturated rings. The first-order valence-corrected chi connectivity index (χ1v) is 9.88. The van der Waals surface area contributed by atoms with Gasteiger partial charge < -0.3 is 9.88 Å². The third-order valence-corrected chi connectivity index (χ3v) is 5.89. The highest BCUT2D eigenvalue weighted by molar-refractivity contribution is 9.10. The van der Waals surface area contributed by atoms with E-state index in [1.165, 1.54) is 5.01 Å². The van der Waals surface area contributed by atoms with Crippen LogP contribution in [0.4, 0.5) is 0 Å². The number of piperazine rings is 1. The molecule has 6 nitrogen and oxygen atoms in total. The molecule has 3 aromatic rings. The molecule has 1 aromatic heterocycles. The van der Waals surface area contributed by atoms with Crippen LogP contribution in [0.2, 0.25) is 0 Å². The second-order valence-corrected chi connectivity index (χ2v) is 7.98. The molecule has 28 heavy (non-hydrogen) atoms. The largest absolute Gasteiger partial charge is 0.357 e. The number of nitrogens with zero attached hydrogens (tertiary/aromatic N) is 3. The van der Waals surface area contributed by atoms with Crippen LogP contribution in [0.1, 0.15) is 16.8 Å². The van der Waals surface area contributed by atoms with Crippen molar-refractivity contribution in [2.45, 2.75) is 19.0 Å². The third-order valence-electron chi connectivity index (χ3n) is 5.37. The van der Waals surface area contributed by atoms with Crippen molar-refractivity contribution in [3.63, 3.8) is 0 Å². The number of H-pyrrole nitrogens is 1. The second-order valence-electron chi connectivity index (χ2n) is 7.06. The van der Waals surface area contributed by atoms with Gasteiger partial charge in [-0.25, -0.2) is 5.01 Å². The summed E-state index contributed by atoms with van der Waals surface area (Å²) in [5.41, 5.74) is 4.05. The molecular formula is C21H17BrN4O2. The number of benzene rings is 2. The van der Waals surface area contributed by atoms with Crippen molar-refractivity contribution in [3.8, 4) is 0 Å². The van der Waals surface area contributed by atoms with E-state index < -0.39 is 6.04 Å². The molecule has 1 N–H and O–H groups in total. The molecule has 1 atom stereocenters. The third kappa shape index (κ3) is 2.82. The second kappa shape index (κ2) is 6.60. The summed E-state index contributed by atoms with van der Waals surface area (Å²) in [6, 6.07) is 15.2. The lowest BCUT2D eigenvalue weighted by molar-refractivity contribution is -0.157. The molecule has 2 aromatic carbocycles. The monoisotopic (exact) mass is 436 g/mol. The van der Waals surface area contributed by atoms with Gasteiger partial charge in [0, 0.05) is 27.5 Å². The summed E-state index contributed by atoms with van der Waals surface area (Å²) in [5, 5.41) is 6.72. The Balaban J connectivity index is 1.44. The van der Waals surface area contributed by atoms with Gasteiger partial charge in [-0.05, 0) is 29.3 Å². The van der Waals surface area contributed by atoms with E-state index in [9.17, 15) is 9.59 Å². The maximum absolute atomic E-state index is 13.0. The van der Waals surface area contributed by atoms with Crippen LogP contribution in [0.5, 0.6) is 0 Å². The van der Waals surface area contributed by atoms with E-state index in [1.807, 2.05) is 42.5 Å². The molecule has 2 amide bonds. The van der Waals surface area contributed by atoms with Gasteiger partial charge in [0.2, 0.25) is 5.91 Å². The molecule has 1 saturated heterocycles. The number of hydrazone groups is 1. The first-order chi connectivity index (χ1) is 13.6. The number of hydrogen-bond donors (Lipinski definition) is 1. The summed E-state index contributed by atoms with van der Waals surface area (Å²) < 4.78 is 0.973. The number of carbonyl (C=O) groups is 2. The quantitative estimate of drug-likeness (QED) is 0.627. The molecule has 0 aliphatic carbocycles. The van der Waals surface area contributed by atoms with E-state index in [-0.39, 0.29) is 18.4 Å². The van der Waals surface area contributed by atoms with Crippen LogP contribution < -0.4 is 0 Å². The van der Waals surface area contributed by atoms with Gasteiger partial charge in [-0.1, -0.05) is 46.3 Å². The SMILES string of the molecule is O=C1[C@@H]2Cc3c([nH]c4ccccc34)CN2C(=O)CN1N=Cc1ccc(Br)cc1. The number of halogens is 1. The summed E-state index contributed by atoms with van der Waals surface area (Å²) in [7, 11) is 0. The normalized spacial score (nSPS) is 19.4. The fourth-order valence-electron chi connectivity index (χ4n) is 3.94. The Morgan fingerprint density at radius 3 is 2.68 bits per heavy atom. The van der Waals surface area contributed by atoms with Gasteiger partial charge in [-0.2, -0.15) is 5.10 Å². The van der Waals surface area contributed by atoms with Crippen LogP contribution in [0.25, 0.3) is 10.9 Å². The highest BCUT2D eigenvalue weighted by Crippen LogP contribution is 2.32. The van der Waals surface area contributed by atoms with E-state index in [2.05, 4.69) is 32.1 Å². The minimum Gasteiger partial charge on any atom is -0.357 e. The number of nitrogens with one attached hydrogen (secondary N) is 1. The van der Waals surface area contributed by atoms with E-state index >= 15 is 0 Å². The van der Waals surface area contributed by atoms with Crippen LogP contribution in [-0.4, -0.2) is 45.5 Å². The number of carbonyl (C=O) groups excluding carboxylic acids is 2. The Bertz CT molecular complexity index is 1120. The zero-order chi connectivity index (χ0) is 19.3. The molecule has 0 bridgehead atoms. The van der Waals surface area contributed by atoms with Gasteiger partial charge in [0.15, 0.2) is 0 Å².